The van der Waals surface area contributed by atoms with E-state index >= 15 is 0 Å². The molecule has 0 bridgehead atoms. The van der Waals surface area contributed by atoms with Gasteiger partial charge in [0.1, 0.15) is 5.58 Å². The summed E-state index contributed by atoms with van der Waals surface area (Å²) in [6.07, 6.45) is 1.67. The maximum Gasteiger partial charge on any atom is 0.411 e. The second-order valence-corrected chi connectivity index (χ2v) is 7.95. The smallest absolute Gasteiger partial charge is 0.411 e. The highest BCUT2D eigenvalue weighted by Gasteiger charge is 2.14. The van der Waals surface area contributed by atoms with Crippen LogP contribution >= 0.6 is 11.8 Å². The minimum Gasteiger partial charge on any atom is -0.450 e. The fourth-order valence-electron chi connectivity index (χ4n) is 3.17. The van der Waals surface area contributed by atoms with Gasteiger partial charge < -0.3 is 13.7 Å². The molecule has 2 aromatic heterocycles. The van der Waals surface area contributed by atoms with E-state index < -0.39 is 11.7 Å². The molecule has 0 fully saturated rings. The van der Waals surface area contributed by atoms with E-state index in [1.54, 1.807) is 30.8 Å². The molecule has 0 saturated carbocycles. The van der Waals surface area contributed by atoms with Crippen LogP contribution in [0.3, 0.4) is 0 Å². The van der Waals surface area contributed by atoms with Gasteiger partial charge in [-0.15, -0.1) is 0 Å². The van der Waals surface area contributed by atoms with Crippen molar-refractivity contribution in [2.24, 2.45) is 0 Å². The van der Waals surface area contributed by atoms with E-state index in [-0.39, 0.29) is 6.61 Å². The van der Waals surface area contributed by atoms with Crippen LogP contribution in [0.1, 0.15) is 43.6 Å². The number of carbonyl (C=O) groups excluding carboxylic acids is 1. The van der Waals surface area contributed by atoms with Crippen molar-refractivity contribution < 1.29 is 13.9 Å². The average molecular weight is 430 g/mol. The number of amides is 1. The molecule has 30 heavy (non-hydrogen) atoms. The molecule has 3 aromatic rings. The van der Waals surface area contributed by atoms with E-state index in [9.17, 15) is 9.59 Å². The number of benzene rings is 1. The molecule has 0 aliphatic rings. The minimum absolute atomic E-state index is 0.281. The van der Waals surface area contributed by atoms with Crippen LogP contribution in [0.4, 0.5) is 10.5 Å². The molecular formula is C22H27N3O4S. The lowest BCUT2D eigenvalue weighted by atomic mass is 10.1. The van der Waals surface area contributed by atoms with E-state index in [4.69, 9.17) is 14.1 Å². The van der Waals surface area contributed by atoms with E-state index in [0.29, 0.717) is 17.0 Å². The maximum absolute atomic E-state index is 12.1. The van der Waals surface area contributed by atoms with Gasteiger partial charge in [0.2, 0.25) is 0 Å². The van der Waals surface area contributed by atoms with Crippen molar-refractivity contribution in [2.45, 2.75) is 58.0 Å². The second kappa shape index (κ2) is 9.84. The number of anilines is 1. The zero-order valence-corrected chi connectivity index (χ0v) is 18.6. The molecule has 0 unspecified atom stereocenters. The van der Waals surface area contributed by atoms with Gasteiger partial charge in [-0.2, -0.15) is 0 Å². The highest BCUT2D eigenvalue weighted by Crippen LogP contribution is 2.29. The number of nitrogens with one attached hydrogen (secondary N) is 1. The molecule has 1 amide bonds. The quantitative estimate of drug-likeness (QED) is 0.388. The SMILES string of the molecule is CCCCn1c(SCc2cc(=O)oc3cc(NC(=O)OCC)ccc23)nc(C)c1C. The van der Waals surface area contributed by atoms with Gasteiger partial charge in [0, 0.05) is 41.2 Å². The van der Waals surface area contributed by atoms with Crippen molar-refractivity contribution in [2.75, 3.05) is 11.9 Å². The summed E-state index contributed by atoms with van der Waals surface area (Å²) in [4.78, 5) is 28.5. The Morgan fingerprint density at radius 3 is 2.80 bits per heavy atom. The molecule has 0 saturated heterocycles. The number of ether oxygens (including phenoxy) is 1. The van der Waals surface area contributed by atoms with Crippen molar-refractivity contribution >= 4 is 34.5 Å². The van der Waals surface area contributed by atoms with Crippen LogP contribution in [0.2, 0.25) is 0 Å². The van der Waals surface area contributed by atoms with Crippen molar-refractivity contribution in [3.63, 3.8) is 0 Å². The Morgan fingerprint density at radius 1 is 1.27 bits per heavy atom. The average Bonchev–Trinajstić information content (AvgIpc) is 2.97. The molecule has 0 atom stereocenters. The molecule has 0 aliphatic carbocycles. The van der Waals surface area contributed by atoms with E-state index in [2.05, 4.69) is 23.7 Å². The van der Waals surface area contributed by atoms with Gasteiger partial charge in [-0.05, 0) is 44.9 Å². The Morgan fingerprint density at radius 2 is 2.07 bits per heavy atom. The second-order valence-electron chi connectivity index (χ2n) is 7.01. The van der Waals surface area contributed by atoms with Crippen molar-refractivity contribution in [1.29, 1.82) is 0 Å². The zero-order chi connectivity index (χ0) is 21.7. The van der Waals surface area contributed by atoms with Crippen LogP contribution in [0.5, 0.6) is 0 Å². The highest BCUT2D eigenvalue weighted by molar-refractivity contribution is 7.98. The first kappa shape index (κ1) is 22.0. The highest BCUT2D eigenvalue weighted by atomic mass is 32.2. The monoisotopic (exact) mass is 429 g/mol. The normalized spacial score (nSPS) is 11.1. The van der Waals surface area contributed by atoms with Crippen LogP contribution < -0.4 is 10.9 Å². The molecule has 0 aliphatic heterocycles. The molecular weight excluding hydrogens is 402 g/mol. The molecule has 7 nitrogen and oxygen atoms in total. The Labute approximate surface area is 179 Å². The minimum atomic E-state index is -0.546. The van der Waals surface area contributed by atoms with Crippen molar-refractivity contribution in [3.05, 3.63) is 51.6 Å². The van der Waals surface area contributed by atoms with Crippen molar-refractivity contribution in [3.8, 4) is 0 Å². The lowest BCUT2D eigenvalue weighted by molar-refractivity contribution is 0.168. The van der Waals surface area contributed by atoms with Crippen LogP contribution in [0.15, 0.2) is 38.6 Å². The number of nitrogens with zero attached hydrogens (tertiary/aromatic N) is 2. The van der Waals surface area contributed by atoms with Crippen molar-refractivity contribution in [1.82, 2.24) is 9.55 Å². The maximum atomic E-state index is 12.1. The van der Waals surface area contributed by atoms with E-state index in [0.717, 1.165) is 41.2 Å². The first-order valence-electron chi connectivity index (χ1n) is 10.1. The zero-order valence-electron chi connectivity index (χ0n) is 17.8. The topological polar surface area (TPSA) is 86.4 Å². The van der Waals surface area contributed by atoms with Gasteiger partial charge in [0.15, 0.2) is 5.16 Å². The lowest BCUT2D eigenvalue weighted by Gasteiger charge is -2.10. The van der Waals surface area contributed by atoms with Crippen LogP contribution in [0.25, 0.3) is 11.0 Å². The number of rotatable bonds is 8. The molecule has 2 heterocycles. The lowest BCUT2D eigenvalue weighted by Crippen LogP contribution is -2.13. The largest absolute Gasteiger partial charge is 0.450 e. The predicted octanol–water partition coefficient (Wildman–Crippen LogP) is 5.27. The Hall–Kier alpha value is -2.74. The number of hydrogen-bond donors (Lipinski definition) is 1. The van der Waals surface area contributed by atoms with Gasteiger partial charge in [-0.1, -0.05) is 25.1 Å². The van der Waals surface area contributed by atoms with Crippen LogP contribution in [-0.4, -0.2) is 22.3 Å². The first-order valence-corrected chi connectivity index (χ1v) is 11.1. The number of unbranched alkanes of at least 4 members (excludes halogenated alkanes) is 1. The third-order valence-electron chi connectivity index (χ3n) is 4.87. The van der Waals surface area contributed by atoms with Gasteiger partial charge >= 0.3 is 11.7 Å². The molecule has 0 spiro atoms. The van der Waals surface area contributed by atoms with Crippen LogP contribution in [-0.2, 0) is 17.0 Å². The summed E-state index contributed by atoms with van der Waals surface area (Å²) in [6, 6.07) is 6.77. The number of imidazole rings is 1. The third kappa shape index (κ3) is 5.05. The van der Waals surface area contributed by atoms with Crippen LogP contribution in [0, 0.1) is 13.8 Å². The predicted molar refractivity (Wildman–Crippen MR) is 119 cm³/mol. The molecule has 8 heteroatoms. The number of fused-ring (bicyclic) bond motifs is 1. The number of aromatic nitrogens is 2. The summed E-state index contributed by atoms with van der Waals surface area (Å²) >= 11 is 1.61. The Kier molecular flexibility index (Phi) is 7.20. The van der Waals surface area contributed by atoms with Gasteiger partial charge in [-0.25, -0.2) is 14.6 Å². The standard InChI is InChI=1S/C22H27N3O4S/c1-5-7-10-25-15(4)14(3)23-21(25)30-13-16-11-20(26)29-19-12-17(8-9-18(16)19)24-22(27)28-6-2/h8-9,11-12H,5-7,10,13H2,1-4H3,(H,24,27). The Balaban J connectivity index is 1.85. The van der Waals surface area contributed by atoms with Gasteiger partial charge in [0.05, 0.1) is 12.3 Å². The molecule has 3 rings (SSSR count). The van der Waals surface area contributed by atoms with Gasteiger partial charge in [-0.3, -0.25) is 5.32 Å². The van der Waals surface area contributed by atoms with Gasteiger partial charge in [0.25, 0.3) is 0 Å². The third-order valence-corrected chi connectivity index (χ3v) is 5.89. The fraction of sp³-hybridized carbons (Fsp3) is 0.409. The molecule has 0 radical (unpaired) electrons. The summed E-state index contributed by atoms with van der Waals surface area (Å²) in [5, 5.41) is 4.41. The molecule has 160 valence electrons. The number of hydrogen-bond acceptors (Lipinski definition) is 6. The first-order chi connectivity index (χ1) is 14.4. The molecule has 1 aromatic carbocycles. The number of carbonyl (C=O) groups is 1. The molecule has 1 N–H and O–H groups in total. The number of thioether (sulfide) groups is 1. The summed E-state index contributed by atoms with van der Waals surface area (Å²) in [7, 11) is 0. The van der Waals surface area contributed by atoms with E-state index in [1.807, 2.05) is 13.0 Å². The fourth-order valence-corrected chi connectivity index (χ4v) is 4.28. The number of aryl methyl sites for hydroxylation is 1. The summed E-state index contributed by atoms with van der Waals surface area (Å²) < 4.78 is 12.5. The summed E-state index contributed by atoms with van der Waals surface area (Å²) in [6.45, 7) is 9.24. The Bertz CT molecular complexity index is 1100. The summed E-state index contributed by atoms with van der Waals surface area (Å²) in [5.74, 6) is 0.592. The van der Waals surface area contributed by atoms with E-state index in [1.165, 1.54) is 11.8 Å². The summed E-state index contributed by atoms with van der Waals surface area (Å²) in [5.41, 5.74) is 3.59.